The van der Waals surface area contributed by atoms with Crippen LogP contribution in [0.2, 0.25) is 0 Å². The number of benzene rings is 2. The molecular weight excluding hydrogens is 362 g/mol. The SMILES string of the molecule is C#Cc1ccc(Nc2nc(Nc3cccc(S(N)(=O)=O)c3)ncc2C)cc1. The van der Waals surface area contributed by atoms with E-state index >= 15 is 0 Å². The molecule has 7 nitrogen and oxygen atoms in total. The second-order valence-electron chi connectivity index (χ2n) is 5.77. The fourth-order valence-corrected chi connectivity index (χ4v) is 2.85. The summed E-state index contributed by atoms with van der Waals surface area (Å²) in [5.74, 6) is 3.49. The van der Waals surface area contributed by atoms with Gasteiger partial charge in [0.15, 0.2) is 0 Å². The molecule has 3 rings (SSSR count). The zero-order chi connectivity index (χ0) is 19.4. The number of nitrogens with one attached hydrogen (secondary N) is 2. The van der Waals surface area contributed by atoms with Crippen molar-refractivity contribution < 1.29 is 8.42 Å². The van der Waals surface area contributed by atoms with Crippen LogP contribution in [-0.4, -0.2) is 18.4 Å². The minimum absolute atomic E-state index is 0.00608. The van der Waals surface area contributed by atoms with Gasteiger partial charge in [0, 0.05) is 28.7 Å². The van der Waals surface area contributed by atoms with Crippen molar-refractivity contribution in [2.45, 2.75) is 11.8 Å². The number of primary sulfonamides is 1. The first-order valence-electron chi connectivity index (χ1n) is 7.92. The van der Waals surface area contributed by atoms with Crippen LogP contribution in [0.1, 0.15) is 11.1 Å². The molecule has 0 aliphatic heterocycles. The predicted molar refractivity (Wildman–Crippen MR) is 106 cm³/mol. The van der Waals surface area contributed by atoms with Gasteiger partial charge in [-0.3, -0.25) is 0 Å². The number of hydrogen-bond donors (Lipinski definition) is 3. The molecule has 4 N–H and O–H groups in total. The summed E-state index contributed by atoms with van der Waals surface area (Å²) in [6.07, 6.45) is 7.03. The topological polar surface area (TPSA) is 110 Å². The minimum Gasteiger partial charge on any atom is -0.340 e. The molecule has 0 unspecified atom stereocenters. The molecule has 0 saturated carbocycles. The third kappa shape index (κ3) is 4.61. The highest BCUT2D eigenvalue weighted by molar-refractivity contribution is 7.89. The second-order valence-corrected chi connectivity index (χ2v) is 7.33. The van der Waals surface area contributed by atoms with Crippen molar-refractivity contribution in [2.75, 3.05) is 10.6 Å². The summed E-state index contributed by atoms with van der Waals surface area (Å²) in [5, 5.41) is 11.3. The summed E-state index contributed by atoms with van der Waals surface area (Å²) in [6, 6.07) is 13.5. The van der Waals surface area contributed by atoms with Crippen LogP contribution < -0.4 is 15.8 Å². The van der Waals surface area contributed by atoms with Crippen LogP contribution in [0.25, 0.3) is 0 Å². The van der Waals surface area contributed by atoms with Crippen molar-refractivity contribution in [3.63, 3.8) is 0 Å². The lowest BCUT2D eigenvalue weighted by molar-refractivity contribution is 0.598. The van der Waals surface area contributed by atoms with Gasteiger partial charge in [-0.15, -0.1) is 6.42 Å². The van der Waals surface area contributed by atoms with Crippen molar-refractivity contribution in [1.29, 1.82) is 0 Å². The smallest absolute Gasteiger partial charge is 0.238 e. The van der Waals surface area contributed by atoms with E-state index in [0.29, 0.717) is 17.5 Å². The van der Waals surface area contributed by atoms with Crippen LogP contribution in [0.3, 0.4) is 0 Å². The van der Waals surface area contributed by atoms with Crippen LogP contribution in [0, 0.1) is 19.3 Å². The molecule has 0 radical (unpaired) electrons. The summed E-state index contributed by atoms with van der Waals surface area (Å²) in [7, 11) is -3.79. The number of terminal acetylenes is 1. The second kappa shape index (κ2) is 7.45. The number of sulfonamides is 1. The molecule has 27 heavy (non-hydrogen) atoms. The molecule has 0 aliphatic carbocycles. The van der Waals surface area contributed by atoms with E-state index in [0.717, 1.165) is 16.8 Å². The Bertz CT molecular complexity index is 1120. The lowest BCUT2D eigenvalue weighted by atomic mass is 10.2. The van der Waals surface area contributed by atoms with E-state index in [1.165, 1.54) is 12.1 Å². The van der Waals surface area contributed by atoms with Crippen molar-refractivity contribution in [3.05, 3.63) is 65.9 Å². The van der Waals surface area contributed by atoms with Gasteiger partial charge in [0.25, 0.3) is 0 Å². The Morgan fingerprint density at radius 3 is 2.48 bits per heavy atom. The van der Waals surface area contributed by atoms with Gasteiger partial charge in [0.05, 0.1) is 4.90 Å². The molecule has 0 saturated heterocycles. The summed E-state index contributed by atoms with van der Waals surface area (Å²) in [4.78, 5) is 8.67. The molecule has 1 aromatic heterocycles. The highest BCUT2D eigenvalue weighted by atomic mass is 32.2. The van der Waals surface area contributed by atoms with Gasteiger partial charge in [-0.25, -0.2) is 18.5 Å². The normalized spacial score (nSPS) is 10.9. The Morgan fingerprint density at radius 2 is 1.81 bits per heavy atom. The Morgan fingerprint density at radius 1 is 1.07 bits per heavy atom. The van der Waals surface area contributed by atoms with Crippen LogP contribution in [0.15, 0.2) is 59.6 Å². The number of aromatic nitrogens is 2. The molecule has 0 amide bonds. The first-order chi connectivity index (χ1) is 12.8. The van der Waals surface area contributed by atoms with Crippen molar-refractivity contribution in [2.24, 2.45) is 5.14 Å². The Labute approximate surface area is 157 Å². The number of anilines is 4. The van der Waals surface area contributed by atoms with E-state index in [4.69, 9.17) is 11.6 Å². The molecule has 136 valence electrons. The van der Waals surface area contributed by atoms with Gasteiger partial charge in [-0.2, -0.15) is 4.98 Å². The van der Waals surface area contributed by atoms with Gasteiger partial charge in [0.1, 0.15) is 5.82 Å². The monoisotopic (exact) mass is 379 g/mol. The van der Waals surface area contributed by atoms with Crippen molar-refractivity contribution in [1.82, 2.24) is 9.97 Å². The fourth-order valence-electron chi connectivity index (χ4n) is 2.30. The first-order valence-corrected chi connectivity index (χ1v) is 9.47. The number of rotatable bonds is 5. The zero-order valence-corrected chi connectivity index (χ0v) is 15.3. The lowest BCUT2D eigenvalue weighted by Gasteiger charge is -2.11. The third-order valence-corrected chi connectivity index (χ3v) is 4.62. The van der Waals surface area contributed by atoms with E-state index in [9.17, 15) is 8.42 Å². The molecule has 2 aromatic carbocycles. The molecule has 0 atom stereocenters. The first kappa shape index (κ1) is 18.4. The van der Waals surface area contributed by atoms with Crippen molar-refractivity contribution >= 4 is 33.2 Å². The molecule has 0 bridgehead atoms. The fraction of sp³-hybridized carbons (Fsp3) is 0.0526. The molecule has 8 heteroatoms. The summed E-state index contributed by atoms with van der Waals surface area (Å²) < 4.78 is 23.0. The average Bonchev–Trinajstić information content (AvgIpc) is 2.65. The molecular formula is C19H17N5O2S. The molecule has 0 aliphatic rings. The average molecular weight is 379 g/mol. The Kier molecular flexibility index (Phi) is 5.07. The van der Waals surface area contributed by atoms with Crippen LogP contribution in [0.4, 0.5) is 23.1 Å². The maximum absolute atomic E-state index is 11.5. The highest BCUT2D eigenvalue weighted by Gasteiger charge is 2.09. The third-order valence-electron chi connectivity index (χ3n) is 3.70. The quantitative estimate of drug-likeness (QED) is 0.588. The van der Waals surface area contributed by atoms with E-state index in [2.05, 4.69) is 26.5 Å². The number of hydrogen-bond acceptors (Lipinski definition) is 6. The van der Waals surface area contributed by atoms with E-state index in [1.807, 2.05) is 31.2 Å². The molecule has 3 aromatic rings. The molecule has 0 spiro atoms. The van der Waals surface area contributed by atoms with Crippen molar-refractivity contribution in [3.8, 4) is 12.3 Å². The van der Waals surface area contributed by atoms with E-state index in [-0.39, 0.29) is 4.90 Å². The minimum atomic E-state index is -3.79. The van der Waals surface area contributed by atoms with Gasteiger partial charge in [0.2, 0.25) is 16.0 Å². The van der Waals surface area contributed by atoms with Gasteiger partial charge >= 0.3 is 0 Å². The number of nitrogens with zero attached hydrogens (tertiary/aromatic N) is 2. The van der Waals surface area contributed by atoms with Gasteiger partial charge in [-0.05, 0) is 49.4 Å². The van der Waals surface area contributed by atoms with E-state index in [1.54, 1.807) is 18.3 Å². The van der Waals surface area contributed by atoms with Crippen LogP contribution in [-0.2, 0) is 10.0 Å². The zero-order valence-electron chi connectivity index (χ0n) is 14.5. The Balaban J connectivity index is 1.84. The van der Waals surface area contributed by atoms with Gasteiger partial charge < -0.3 is 10.6 Å². The standard InChI is InChI=1S/C19H17N5O2S/c1-3-14-7-9-15(10-8-14)22-18-13(2)12-21-19(24-18)23-16-5-4-6-17(11-16)27(20,25)26/h1,4-12H,2H3,(H2,20,25,26)(H2,21,22,23,24). The highest BCUT2D eigenvalue weighted by Crippen LogP contribution is 2.22. The maximum atomic E-state index is 11.5. The predicted octanol–water partition coefficient (Wildman–Crippen LogP) is 2.90. The summed E-state index contributed by atoms with van der Waals surface area (Å²) >= 11 is 0. The van der Waals surface area contributed by atoms with Crippen LogP contribution in [0.5, 0.6) is 0 Å². The van der Waals surface area contributed by atoms with E-state index < -0.39 is 10.0 Å². The number of aryl methyl sites for hydroxylation is 1. The molecule has 1 heterocycles. The maximum Gasteiger partial charge on any atom is 0.238 e. The summed E-state index contributed by atoms with van der Waals surface area (Å²) in [5.41, 5.74) is 2.98. The summed E-state index contributed by atoms with van der Waals surface area (Å²) in [6.45, 7) is 1.88. The number of nitrogens with two attached hydrogens (primary N) is 1. The van der Waals surface area contributed by atoms with Gasteiger partial charge in [-0.1, -0.05) is 12.0 Å². The lowest BCUT2D eigenvalue weighted by Crippen LogP contribution is -2.12. The Hall–Kier alpha value is -3.41. The molecule has 0 fully saturated rings. The van der Waals surface area contributed by atoms with Crippen LogP contribution >= 0.6 is 0 Å². The largest absolute Gasteiger partial charge is 0.340 e.